The number of amides is 1. The summed E-state index contributed by atoms with van der Waals surface area (Å²) >= 11 is 0. The van der Waals surface area contributed by atoms with Crippen LogP contribution in [-0.2, 0) is 11.2 Å². The number of rotatable bonds is 6. The fraction of sp³-hybridized carbons (Fsp3) is 0.524. The first-order valence-electron chi connectivity index (χ1n) is 9.37. The van der Waals surface area contributed by atoms with Gasteiger partial charge in [0.15, 0.2) is 5.96 Å². The Balaban J connectivity index is 0.00000364. The van der Waals surface area contributed by atoms with Gasteiger partial charge in [-0.1, -0.05) is 42.5 Å². The summed E-state index contributed by atoms with van der Waals surface area (Å²) in [5.41, 5.74) is 2.47. The van der Waals surface area contributed by atoms with Crippen molar-refractivity contribution >= 4 is 35.8 Å². The van der Waals surface area contributed by atoms with Crippen molar-refractivity contribution in [1.29, 1.82) is 0 Å². The summed E-state index contributed by atoms with van der Waals surface area (Å²) in [6.07, 6.45) is 3.42. The quantitative estimate of drug-likeness (QED) is 0.292. The van der Waals surface area contributed by atoms with E-state index in [0.29, 0.717) is 12.5 Å². The van der Waals surface area contributed by atoms with Gasteiger partial charge in [-0.05, 0) is 37.7 Å². The van der Waals surface area contributed by atoms with Gasteiger partial charge in [0, 0.05) is 33.7 Å². The molecule has 0 bridgehead atoms. The first kappa shape index (κ1) is 23.5. The highest BCUT2D eigenvalue weighted by Gasteiger charge is 2.22. The Bertz CT molecular complexity index is 622. The summed E-state index contributed by atoms with van der Waals surface area (Å²) in [5, 5.41) is 3.35. The molecular formula is C21H33IN4O. The Morgan fingerprint density at radius 1 is 1.26 bits per heavy atom. The van der Waals surface area contributed by atoms with Crippen LogP contribution in [0.1, 0.15) is 25.3 Å². The highest BCUT2D eigenvalue weighted by molar-refractivity contribution is 14.0. The number of hydrogen-bond donors (Lipinski definition) is 1. The van der Waals surface area contributed by atoms with Crippen LogP contribution in [0.3, 0.4) is 0 Å². The van der Waals surface area contributed by atoms with Crippen LogP contribution >= 0.6 is 24.0 Å². The molecule has 1 aliphatic rings. The second-order valence-electron chi connectivity index (χ2n) is 7.36. The molecule has 1 amide bonds. The van der Waals surface area contributed by atoms with Gasteiger partial charge in [0.1, 0.15) is 6.54 Å². The van der Waals surface area contributed by atoms with Gasteiger partial charge in [0.25, 0.3) is 0 Å². The number of aliphatic imine (C=N–C) groups is 1. The minimum absolute atomic E-state index is 0. The van der Waals surface area contributed by atoms with Crippen molar-refractivity contribution in [3.05, 3.63) is 48.0 Å². The molecule has 1 saturated heterocycles. The summed E-state index contributed by atoms with van der Waals surface area (Å²) < 4.78 is 0. The van der Waals surface area contributed by atoms with Crippen LogP contribution in [0.25, 0.3) is 0 Å². The number of piperidine rings is 1. The zero-order valence-corrected chi connectivity index (χ0v) is 19.1. The molecule has 1 N–H and O–H groups in total. The molecule has 0 saturated carbocycles. The molecule has 1 heterocycles. The Kier molecular flexibility index (Phi) is 10.4. The molecule has 150 valence electrons. The summed E-state index contributed by atoms with van der Waals surface area (Å²) in [6.45, 7) is 8.72. The average Bonchev–Trinajstić information content (AvgIpc) is 2.63. The molecule has 27 heavy (non-hydrogen) atoms. The van der Waals surface area contributed by atoms with Gasteiger partial charge in [-0.25, -0.2) is 4.99 Å². The number of likely N-dealkylation sites (tertiary alicyclic amines) is 1. The number of nitrogens with one attached hydrogen (secondary N) is 1. The lowest BCUT2D eigenvalue weighted by Gasteiger charge is -2.34. The predicted molar refractivity (Wildman–Crippen MR) is 124 cm³/mol. The van der Waals surface area contributed by atoms with E-state index in [1.54, 1.807) is 19.0 Å². The van der Waals surface area contributed by atoms with E-state index in [9.17, 15) is 4.79 Å². The van der Waals surface area contributed by atoms with E-state index in [1.807, 2.05) is 6.92 Å². The number of carbonyl (C=O) groups is 1. The largest absolute Gasteiger partial charge is 0.353 e. The highest BCUT2D eigenvalue weighted by atomic mass is 127. The van der Waals surface area contributed by atoms with Crippen molar-refractivity contribution in [3.8, 4) is 0 Å². The molecule has 2 rings (SSSR count). The number of nitrogens with zero attached hydrogens (tertiary/aromatic N) is 3. The normalized spacial score (nSPS) is 15.1. The van der Waals surface area contributed by atoms with Crippen molar-refractivity contribution < 1.29 is 4.79 Å². The number of hydrogen-bond acceptors (Lipinski definition) is 2. The van der Waals surface area contributed by atoms with E-state index >= 15 is 0 Å². The number of guanidine groups is 1. The summed E-state index contributed by atoms with van der Waals surface area (Å²) in [5.74, 6) is 1.54. The zero-order valence-electron chi connectivity index (χ0n) is 16.8. The Labute approximate surface area is 180 Å². The first-order chi connectivity index (χ1) is 12.5. The lowest BCUT2D eigenvalue weighted by atomic mass is 9.90. The van der Waals surface area contributed by atoms with Gasteiger partial charge in [-0.2, -0.15) is 0 Å². The van der Waals surface area contributed by atoms with E-state index in [0.717, 1.165) is 43.9 Å². The molecule has 0 aromatic heterocycles. The molecule has 1 aromatic carbocycles. The van der Waals surface area contributed by atoms with Gasteiger partial charge in [0.05, 0.1) is 0 Å². The fourth-order valence-electron chi connectivity index (χ4n) is 3.08. The Hall–Kier alpha value is -1.57. The van der Waals surface area contributed by atoms with Crippen LogP contribution in [0, 0.1) is 5.92 Å². The fourth-order valence-corrected chi connectivity index (χ4v) is 3.08. The third-order valence-corrected chi connectivity index (χ3v) is 4.69. The number of carbonyl (C=O) groups excluding carboxylic acids is 1. The molecule has 0 spiro atoms. The monoisotopic (exact) mass is 484 g/mol. The maximum atomic E-state index is 11.9. The zero-order chi connectivity index (χ0) is 18.9. The summed E-state index contributed by atoms with van der Waals surface area (Å²) in [7, 11) is 3.52. The van der Waals surface area contributed by atoms with Crippen LogP contribution in [0.15, 0.2) is 47.5 Å². The molecular weight excluding hydrogens is 451 g/mol. The second-order valence-corrected chi connectivity index (χ2v) is 7.36. The van der Waals surface area contributed by atoms with Crippen LogP contribution in [0.2, 0.25) is 0 Å². The molecule has 0 radical (unpaired) electrons. The number of likely N-dealkylation sites (N-methyl/N-ethyl adjacent to an activating group) is 1. The molecule has 5 nitrogen and oxygen atoms in total. The highest BCUT2D eigenvalue weighted by Crippen LogP contribution is 2.21. The predicted octanol–water partition coefficient (Wildman–Crippen LogP) is 3.17. The molecule has 1 aliphatic heterocycles. The van der Waals surface area contributed by atoms with E-state index in [1.165, 1.54) is 5.56 Å². The SMILES string of the molecule is C=C(C)CNC(=NCC(=O)N(C)C)N1CCC(Cc2ccccc2)CC1.I. The second kappa shape index (κ2) is 12.0. The number of halogens is 1. The molecule has 1 aromatic rings. The van der Waals surface area contributed by atoms with Crippen LogP contribution in [0.4, 0.5) is 0 Å². The topological polar surface area (TPSA) is 47.9 Å². The maximum absolute atomic E-state index is 11.9. The van der Waals surface area contributed by atoms with Crippen molar-refractivity contribution in [1.82, 2.24) is 15.1 Å². The van der Waals surface area contributed by atoms with Crippen LogP contribution < -0.4 is 5.32 Å². The van der Waals surface area contributed by atoms with Gasteiger partial charge < -0.3 is 15.1 Å². The van der Waals surface area contributed by atoms with E-state index in [2.05, 4.69) is 52.1 Å². The van der Waals surface area contributed by atoms with E-state index in [-0.39, 0.29) is 36.4 Å². The van der Waals surface area contributed by atoms with Gasteiger partial charge in [-0.3, -0.25) is 4.79 Å². The smallest absolute Gasteiger partial charge is 0.243 e. The van der Waals surface area contributed by atoms with Crippen LogP contribution in [-0.4, -0.2) is 61.9 Å². The van der Waals surface area contributed by atoms with Crippen molar-refractivity contribution in [2.24, 2.45) is 10.9 Å². The Morgan fingerprint density at radius 3 is 2.44 bits per heavy atom. The molecule has 1 fully saturated rings. The van der Waals surface area contributed by atoms with Crippen molar-refractivity contribution in [3.63, 3.8) is 0 Å². The average molecular weight is 484 g/mol. The third-order valence-electron chi connectivity index (χ3n) is 4.69. The lowest BCUT2D eigenvalue weighted by Crippen LogP contribution is -2.46. The maximum Gasteiger partial charge on any atom is 0.243 e. The third kappa shape index (κ3) is 8.32. The Morgan fingerprint density at radius 2 is 1.89 bits per heavy atom. The minimum atomic E-state index is 0. The molecule has 0 unspecified atom stereocenters. The van der Waals surface area contributed by atoms with E-state index in [4.69, 9.17) is 0 Å². The summed E-state index contributed by atoms with van der Waals surface area (Å²) in [6, 6.07) is 10.7. The molecule has 6 heteroatoms. The van der Waals surface area contributed by atoms with Gasteiger partial charge >= 0.3 is 0 Å². The number of benzene rings is 1. The van der Waals surface area contributed by atoms with Gasteiger partial charge in [0.2, 0.25) is 5.91 Å². The minimum Gasteiger partial charge on any atom is -0.353 e. The summed E-state index contributed by atoms with van der Waals surface area (Å²) in [4.78, 5) is 20.3. The standard InChI is InChI=1S/C21H32N4O.HI/c1-17(2)15-22-21(23-16-20(26)24(3)4)25-12-10-19(11-13-25)14-18-8-6-5-7-9-18;/h5-9,19H,1,10-16H2,2-4H3,(H,22,23);1H. The van der Waals surface area contributed by atoms with Crippen molar-refractivity contribution in [2.45, 2.75) is 26.2 Å². The first-order valence-corrected chi connectivity index (χ1v) is 9.37. The molecule has 0 aliphatic carbocycles. The van der Waals surface area contributed by atoms with E-state index < -0.39 is 0 Å². The molecule has 0 atom stereocenters. The lowest BCUT2D eigenvalue weighted by molar-refractivity contribution is -0.127. The van der Waals surface area contributed by atoms with Gasteiger partial charge in [-0.15, -0.1) is 24.0 Å². The van der Waals surface area contributed by atoms with Crippen LogP contribution in [0.5, 0.6) is 0 Å². The van der Waals surface area contributed by atoms with Crippen molar-refractivity contribution in [2.75, 3.05) is 40.3 Å².